The molecule has 1 aliphatic rings. The first-order valence-corrected chi connectivity index (χ1v) is 9.05. The van der Waals surface area contributed by atoms with Gasteiger partial charge in [0.05, 0.1) is 10.4 Å². The minimum atomic E-state index is -0.557. The summed E-state index contributed by atoms with van der Waals surface area (Å²) in [5.74, 6) is -1.06. The highest BCUT2D eigenvalue weighted by Gasteiger charge is 2.26. The minimum absolute atomic E-state index is 0.00231. The lowest BCUT2D eigenvalue weighted by Crippen LogP contribution is -2.28. The summed E-state index contributed by atoms with van der Waals surface area (Å²) in [4.78, 5) is 27.3. The van der Waals surface area contributed by atoms with E-state index in [1.54, 1.807) is 23.1 Å². The Bertz CT molecular complexity index is 985. The second-order valence-corrected chi connectivity index (χ2v) is 6.91. The summed E-state index contributed by atoms with van der Waals surface area (Å²) in [6.45, 7) is 0.608. The van der Waals surface area contributed by atoms with Crippen LogP contribution in [0.15, 0.2) is 60.0 Å². The summed E-state index contributed by atoms with van der Waals surface area (Å²) >= 11 is 1.42. The van der Waals surface area contributed by atoms with Gasteiger partial charge >= 0.3 is 0 Å². The molecule has 0 bridgehead atoms. The fourth-order valence-corrected chi connectivity index (χ4v) is 3.74. The number of thiophene rings is 1. The maximum Gasteiger partial charge on any atom is 0.268 e. The van der Waals surface area contributed by atoms with Gasteiger partial charge in [-0.05, 0) is 53.8 Å². The molecule has 1 N–H and O–H groups in total. The van der Waals surface area contributed by atoms with Crippen LogP contribution in [0.4, 0.5) is 15.8 Å². The van der Waals surface area contributed by atoms with Gasteiger partial charge in [0.2, 0.25) is 0 Å². The van der Waals surface area contributed by atoms with Crippen LogP contribution in [0.2, 0.25) is 0 Å². The van der Waals surface area contributed by atoms with Crippen molar-refractivity contribution in [3.8, 4) is 0 Å². The zero-order valence-corrected chi connectivity index (χ0v) is 14.6. The summed E-state index contributed by atoms with van der Waals surface area (Å²) in [5.41, 5.74) is 2.43. The number of hydrogen-bond acceptors (Lipinski definition) is 3. The highest BCUT2D eigenvalue weighted by molar-refractivity contribution is 7.12. The highest BCUT2D eigenvalue weighted by Crippen LogP contribution is 2.32. The van der Waals surface area contributed by atoms with Crippen molar-refractivity contribution in [3.63, 3.8) is 0 Å². The van der Waals surface area contributed by atoms with Gasteiger partial charge in [-0.2, -0.15) is 0 Å². The number of hydrogen-bond donors (Lipinski definition) is 1. The van der Waals surface area contributed by atoms with Gasteiger partial charge < -0.3 is 10.2 Å². The second kappa shape index (κ2) is 6.72. The number of halogens is 1. The van der Waals surface area contributed by atoms with Crippen LogP contribution < -0.4 is 10.2 Å². The maximum absolute atomic E-state index is 13.7. The molecular weight excluding hydrogens is 351 g/mol. The number of carbonyl (C=O) groups is 2. The molecule has 1 aliphatic heterocycles. The Hall–Kier alpha value is -2.99. The normalized spacial score (nSPS) is 12.7. The Kier molecular flexibility index (Phi) is 4.26. The molecule has 0 spiro atoms. The van der Waals surface area contributed by atoms with Gasteiger partial charge in [-0.3, -0.25) is 9.59 Å². The third kappa shape index (κ3) is 2.99. The van der Waals surface area contributed by atoms with Gasteiger partial charge in [0.25, 0.3) is 11.8 Å². The summed E-state index contributed by atoms with van der Waals surface area (Å²) in [5, 5.41) is 4.60. The van der Waals surface area contributed by atoms with E-state index in [1.807, 2.05) is 29.6 Å². The lowest BCUT2D eigenvalue weighted by atomic mass is 10.1. The molecule has 3 aromatic rings. The molecule has 1 aromatic heterocycles. The molecule has 0 aliphatic carbocycles. The molecule has 2 aromatic carbocycles. The van der Waals surface area contributed by atoms with Crippen LogP contribution in [0.5, 0.6) is 0 Å². The lowest BCUT2D eigenvalue weighted by molar-refractivity contribution is 0.0990. The van der Waals surface area contributed by atoms with Gasteiger partial charge in [-0.15, -0.1) is 11.3 Å². The van der Waals surface area contributed by atoms with Crippen LogP contribution >= 0.6 is 11.3 Å². The molecule has 26 heavy (non-hydrogen) atoms. The van der Waals surface area contributed by atoms with E-state index in [0.29, 0.717) is 17.1 Å². The molecule has 2 amide bonds. The molecular formula is C20H15FN2O2S. The predicted octanol–water partition coefficient (Wildman–Crippen LogP) is 4.34. The van der Waals surface area contributed by atoms with Crippen molar-refractivity contribution in [3.05, 3.63) is 81.8 Å². The second-order valence-electron chi connectivity index (χ2n) is 5.96. The minimum Gasteiger partial charge on any atom is -0.322 e. The van der Waals surface area contributed by atoms with Gasteiger partial charge in [0, 0.05) is 17.9 Å². The van der Waals surface area contributed by atoms with Gasteiger partial charge in [-0.1, -0.05) is 18.2 Å². The van der Waals surface area contributed by atoms with Crippen molar-refractivity contribution >= 4 is 34.5 Å². The number of fused-ring (bicyclic) bond motifs is 1. The average molecular weight is 366 g/mol. The van der Waals surface area contributed by atoms with E-state index in [2.05, 4.69) is 5.32 Å². The van der Waals surface area contributed by atoms with E-state index in [4.69, 9.17) is 0 Å². The number of nitrogens with zero attached hydrogens (tertiary/aromatic N) is 1. The Labute approximate surface area is 153 Å². The number of carbonyl (C=O) groups excluding carboxylic acids is 2. The van der Waals surface area contributed by atoms with Crippen molar-refractivity contribution in [2.75, 3.05) is 16.8 Å². The smallest absolute Gasteiger partial charge is 0.268 e. The fraction of sp³-hybridized carbons (Fsp3) is 0.100. The molecule has 4 rings (SSSR count). The summed E-state index contributed by atoms with van der Waals surface area (Å²) in [6.07, 6.45) is 0.718. The van der Waals surface area contributed by atoms with E-state index >= 15 is 0 Å². The molecule has 0 unspecified atom stereocenters. The maximum atomic E-state index is 13.7. The Morgan fingerprint density at radius 3 is 2.69 bits per heavy atom. The summed E-state index contributed by atoms with van der Waals surface area (Å²) in [7, 11) is 0. The number of nitrogens with one attached hydrogen (secondary N) is 1. The van der Waals surface area contributed by atoms with E-state index in [1.165, 1.54) is 23.5 Å². The van der Waals surface area contributed by atoms with E-state index in [9.17, 15) is 14.0 Å². The number of benzene rings is 2. The third-order valence-electron chi connectivity index (χ3n) is 4.33. The van der Waals surface area contributed by atoms with Crippen molar-refractivity contribution < 1.29 is 14.0 Å². The average Bonchev–Trinajstić information content (AvgIpc) is 3.31. The van der Waals surface area contributed by atoms with Crippen LogP contribution in [0, 0.1) is 5.82 Å². The molecule has 0 saturated carbocycles. The molecule has 4 nitrogen and oxygen atoms in total. The molecule has 130 valence electrons. The fourth-order valence-electron chi connectivity index (χ4n) is 3.07. The predicted molar refractivity (Wildman–Crippen MR) is 100 cm³/mol. The largest absolute Gasteiger partial charge is 0.322 e. The topological polar surface area (TPSA) is 49.4 Å². The molecule has 0 fully saturated rings. The Balaban J connectivity index is 1.54. The van der Waals surface area contributed by atoms with Crippen molar-refractivity contribution in [1.82, 2.24) is 0 Å². The first kappa shape index (κ1) is 16.5. The molecule has 0 atom stereocenters. The lowest BCUT2D eigenvalue weighted by Gasteiger charge is -2.16. The SMILES string of the molecule is O=C(Nc1ccc2c(c1)CCN2C(=O)c1cccs1)c1ccccc1F. The summed E-state index contributed by atoms with van der Waals surface area (Å²) < 4.78 is 13.7. The zero-order chi connectivity index (χ0) is 18.1. The first-order valence-electron chi connectivity index (χ1n) is 8.17. The van der Waals surface area contributed by atoms with E-state index in [-0.39, 0.29) is 11.5 Å². The van der Waals surface area contributed by atoms with Crippen molar-refractivity contribution in [2.45, 2.75) is 6.42 Å². The summed E-state index contributed by atoms with van der Waals surface area (Å²) in [6, 6.07) is 14.9. The Morgan fingerprint density at radius 2 is 1.92 bits per heavy atom. The molecule has 0 radical (unpaired) electrons. The molecule has 6 heteroatoms. The first-order chi connectivity index (χ1) is 12.6. The van der Waals surface area contributed by atoms with Crippen LogP contribution in [-0.2, 0) is 6.42 Å². The van der Waals surface area contributed by atoms with E-state index < -0.39 is 11.7 Å². The van der Waals surface area contributed by atoms with Crippen LogP contribution in [0.25, 0.3) is 0 Å². The third-order valence-corrected chi connectivity index (χ3v) is 5.19. The number of rotatable bonds is 3. The molecule has 0 saturated heterocycles. The Morgan fingerprint density at radius 1 is 1.08 bits per heavy atom. The van der Waals surface area contributed by atoms with Crippen LogP contribution in [0.1, 0.15) is 25.6 Å². The highest BCUT2D eigenvalue weighted by atomic mass is 32.1. The van der Waals surface area contributed by atoms with E-state index in [0.717, 1.165) is 17.7 Å². The number of anilines is 2. The van der Waals surface area contributed by atoms with Crippen molar-refractivity contribution in [1.29, 1.82) is 0 Å². The number of amides is 2. The quantitative estimate of drug-likeness (QED) is 0.749. The van der Waals surface area contributed by atoms with Crippen LogP contribution in [0.3, 0.4) is 0 Å². The van der Waals surface area contributed by atoms with Gasteiger partial charge in [0.1, 0.15) is 5.82 Å². The van der Waals surface area contributed by atoms with Gasteiger partial charge in [-0.25, -0.2) is 4.39 Å². The van der Waals surface area contributed by atoms with Crippen LogP contribution in [-0.4, -0.2) is 18.4 Å². The molecule has 2 heterocycles. The van der Waals surface area contributed by atoms with Gasteiger partial charge in [0.15, 0.2) is 0 Å². The standard InChI is InChI=1S/C20H15FN2O2S/c21-16-5-2-1-4-15(16)19(24)22-14-7-8-17-13(12-14)9-10-23(17)20(25)18-6-3-11-26-18/h1-8,11-12H,9-10H2,(H,22,24). The zero-order valence-electron chi connectivity index (χ0n) is 13.7. The monoisotopic (exact) mass is 366 g/mol. The van der Waals surface area contributed by atoms with Crippen molar-refractivity contribution in [2.24, 2.45) is 0 Å².